The molecule has 33 heavy (non-hydrogen) atoms. The molecule has 9 heteroatoms. The first kappa shape index (κ1) is 24.1. The van der Waals surface area contributed by atoms with Gasteiger partial charge in [-0.15, -0.1) is 11.3 Å². The molecule has 0 bridgehead atoms. The van der Waals surface area contributed by atoms with E-state index in [1.165, 1.54) is 40.2 Å². The van der Waals surface area contributed by atoms with Gasteiger partial charge in [0.05, 0.1) is 23.1 Å². The number of carbonyl (C=O) groups excluding carboxylic acids is 1. The van der Waals surface area contributed by atoms with Crippen molar-refractivity contribution < 1.29 is 13.2 Å². The molecule has 0 saturated carbocycles. The van der Waals surface area contributed by atoms with Crippen molar-refractivity contribution in [3.8, 4) is 0 Å². The van der Waals surface area contributed by atoms with Gasteiger partial charge in [0.25, 0.3) is 0 Å². The minimum Gasteiger partial charge on any atom is -0.302 e. The molecule has 0 radical (unpaired) electrons. The zero-order chi connectivity index (χ0) is 23.8. The molecule has 1 atom stereocenters. The van der Waals surface area contributed by atoms with E-state index in [2.05, 4.69) is 64.3 Å². The van der Waals surface area contributed by atoms with Crippen LogP contribution < -0.4 is 5.32 Å². The van der Waals surface area contributed by atoms with Crippen LogP contribution in [-0.4, -0.2) is 30.5 Å². The highest BCUT2D eigenvalue weighted by Gasteiger charge is 2.36. The van der Waals surface area contributed by atoms with Crippen LogP contribution in [0.25, 0.3) is 0 Å². The summed E-state index contributed by atoms with van der Waals surface area (Å²) in [4.78, 5) is 21.2. The van der Waals surface area contributed by atoms with Crippen molar-refractivity contribution in [1.29, 1.82) is 0 Å². The fourth-order valence-electron chi connectivity index (χ4n) is 4.14. The van der Waals surface area contributed by atoms with E-state index in [-0.39, 0.29) is 23.3 Å². The number of nitrogens with one attached hydrogen (secondary N) is 1. The lowest BCUT2D eigenvalue weighted by Gasteiger charge is -2.27. The number of nitrogens with zero attached hydrogens (tertiary/aromatic N) is 2. The summed E-state index contributed by atoms with van der Waals surface area (Å²) in [7, 11) is -3.25. The third kappa shape index (κ3) is 5.71. The number of hydrogen-bond acceptors (Lipinski definition) is 6. The van der Waals surface area contributed by atoms with Crippen molar-refractivity contribution in [2.24, 2.45) is 5.92 Å². The molecular weight excluding hydrogens is 522 g/mol. The van der Waals surface area contributed by atoms with E-state index in [1.807, 2.05) is 0 Å². The van der Waals surface area contributed by atoms with Crippen LogP contribution in [0.3, 0.4) is 0 Å². The van der Waals surface area contributed by atoms with Crippen molar-refractivity contribution in [1.82, 2.24) is 9.88 Å². The lowest BCUT2D eigenvalue weighted by atomic mass is 10.0. The lowest BCUT2D eigenvalue weighted by Crippen LogP contribution is -2.26. The molecule has 4 rings (SSSR count). The molecule has 0 aliphatic carbocycles. The maximum absolute atomic E-state index is 12.6. The summed E-state index contributed by atoms with van der Waals surface area (Å²) in [5.74, 6) is 0.225. The fraction of sp³-hybridized carbons (Fsp3) is 0.333. The van der Waals surface area contributed by atoms with Gasteiger partial charge < -0.3 is 5.32 Å². The highest BCUT2D eigenvalue weighted by molar-refractivity contribution is 9.10. The Bertz CT molecular complexity index is 1250. The maximum Gasteiger partial charge on any atom is 0.230 e. The molecule has 0 spiro atoms. The number of fused-ring (bicyclic) bond motifs is 1. The van der Waals surface area contributed by atoms with Gasteiger partial charge >= 0.3 is 0 Å². The maximum atomic E-state index is 12.6. The molecular formula is C24H26BrN3O3S2. The van der Waals surface area contributed by atoms with Crippen LogP contribution in [0, 0.1) is 5.92 Å². The molecule has 3 aromatic rings. The first-order valence-corrected chi connectivity index (χ1v) is 14.2. The second-order valence-electron chi connectivity index (χ2n) is 8.69. The number of hydrogen-bond donors (Lipinski definition) is 1. The van der Waals surface area contributed by atoms with Gasteiger partial charge in [0.15, 0.2) is 15.0 Å². The first-order valence-electron chi connectivity index (χ1n) is 10.7. The normalized spacial score (nSPS) is 16.2. The van der Waals surface area contributed by atoms with E-state index in [1.54, 1.807) is 12.1 Å². The van der Waals surface area contributed by atoms with Crippen LogP contribution in [0.4, 0.5) is 5.13 Å². The highest BCUT2D eigenvalue weighted by Crippen LogP contribution is 2.43. The quantitative estimate of drug-likeness (QED) is 0.439. The third-order valence-corrected chi connectivity index (χ3v) is 8.27. The zero-order valence-corrected chi connectivity index (χ0v) is 21.9. The zero-order valence-electron chi connectivity index (χ0n) is 18.7. The molecule has 1 aliphatic rings. The minimum absolute atomic E-state index is 0.164. The van der Waals surface area contributed by atoms with Crippen LogP contribution in [0.15, 0.2) is 57.9 Å². The van der Waals surface area contributed by atoms with Gasteiger partial charge in [0.2, 0.25) is 5.91 Å². The molecule has 1 aromatic heterocycles. The number of rotatable bonds is 7. The van der Waals surface area contributed by atoms with Crippen LogP contribution >= 0.6 is 27.3 Å². The second-order valence-corrected chi connectivity index (χ2v) is 12.7. The van der Waals surface area contributed by atoms with E-state index >= 15 is 0 Å². The Morgan fingerprint density at radius 1 is 1.15 bits per heavy atom. The summed E-state index contributed by atoms with van der Waals surface area (Å²) < 4.78 is 24.3. The molecule has 0 fully saturated rings. The number of halogens is 1. The van der Waals surface area contributed by atoms with E-state index in [0.717, 1.165) is 28.8 Å². The average molecular weight is 549 g/mol. The summed E-state index contributed by atoms with van der Waals surface area (Å²) in [6.07, 6.45) is 1.33. The standard InChI is InChI=1S/C24H26BrN3O3S2/c1-15(2)23-22-20(14-28(23)13-17-4-8-18(25)9-5-17)32-24(27-22)26-21(29)12-16-6-10-19(11-7-16)33(3,30)31/h4-11,15,23H,12-14H2,1-3H3,(H,26,27,29). The van der Waals surface area contributed by atoms with Crippen LogP contribution in [0.5, 0.6) is 0 Å². The molecule has 1 unspecified atom stereocenters. The first-order chi connectivity index (χ1) is 15.6. The van der Waals surface area contributed by atoms with Gasteiger partial charge in [0, 0.05) is 28.7 Å². The number of anilines is 1. The number of sulfone groups is 1. The average Bonchev–Trinajstić information content (AvgIpc) is 3.25. The number of benzene rings is 2. The molecule has 6 nitrogen and oxygen atoms in total. The van der Waals surface area contributed by atoms with Crippen molar-refractivity contribution >= 4 is 48.1 Å². The number of amides is 1. The summed E-state index contributed by atoms with van der Waals surface area (Å²) in [5.41, 5.74) is 3.07. The Kier molecular flexibility index (Phi) is 7.04. The Hall–Kier alpha value is -2.07. The third-order valence-electron chi connectivity index (χ3n) is 5.64. The van der Waals surface area contributed by atoms with E-state index in [4.69, 9.17) is 4.98 Å². The van der Waals surface area contributed by atoms with Gasteiger partial charge in [-0.1, -0.05) is 54.0 Å². The summed E-state index contributed by atoms with van der Waals surface area (Å²) >= 11 is 5.02. The number of aromatic nitrogens is 1. The monoisotopic (exact) mass is 547 g/mol. The molecule has 0 saturated heterocycles. The smallest absolute Gasteiger partial charge is 0.230 e. The van der Waals surface area contributed by atoms with Gasteiger partial charge in [-0.2, -0.15) is 0 Å². The topological polar surface area (TPSA) is 79.4 Å². The van der Waals surface area contributed by atoms with Gasteiger partial charge in [0.1, 0.15) is 0 Å². The predicted molar refractivity (Wildman–Crippen MR) is 135 cm³/mol. The van der Waals surface area contributed by atoms with Crippen molar-refractivity contribution in [3.63, 3.8) is 0 Å². The molecule has 2 aromatic carbocycles. The van der Waals surface area contributed by atoms with Crippen LogP contribution in [0.2, 0.25) is 0 Å². The van der Waals surface area contributed by atoms with Gasteiger partial charge in [-0.3, -0.25) is 9.69 Å². The van der Waals surface area contributed by atoms with E-state index < -0.39 is 9.84 Å². The molecule has 1 N–H and O–H groups in total. The highest BCUT2D eigenvalue weighted by atomic mass is 79.9. The predicted octanol–water partition coefficient (Wildman–Crippen LogP) is 5.20. The largest absolute Gasteiger partial charge is 0.302 e. The summed E-state index contributed by atoms with van der Waals surface area (Å²) in [5, 5.41) is 3.54. The second kappa shape index (κ2) is 9.66. The SMILES string of the molecule is CC(C)C1c2nc(NC(=O)Cc3ccc(S(C)(=O)=O)cc3)sc2CN1Cc1ccc(Br)cc1. The molecule has 2 heterocycles. The number of carbonyl (C=O) groups is 1. The van der Waals surface area contributed by atoms with Crippen LogP contribution in [-0.2, 0) is 34.1 Å². The van der Waals surface area contributed by atoms with E-state index in [0.29, 0.717) is 11.0 Å². The Morgan fingerprint density at radius 2 is 1.79 bits per heavy atom. The van der Waals surface area contributed by atoms with Crippen molar-refractivity contribution in [2.45, 2.75) is 44.3 Å². The lowest BCUT2D eigenvalue weighted by molar-refractivity contribution is -0.115. The minimum atomic E-state index is -3.25. The number of thiazole rings is 1. The molecule has 1 amide bonds. The Labute approximate surface area is 207 Å². The van der Waals surface area contributed by atoms with Crippen molar-refractivity contribution in [3.05, 3.63) is 74.7 Å². The summed E-state index contributed by atoms with van der Waals surface area (Å²) in [6.45, 7) is 6.07. The molecule has 1 aliphatic heterocycles. The Balaban J connectivity index is 1.42. The fourth-order valence-corrected chi connectivity index (χ4v) is 6.07. The van der Waals surface area contributed by atoms with Gasteiger partial charge in [-0.05, 0) is 41.3 Å². The van der Waals surface area contributed by atoms with Crippen molar-refractivity contribution in [2.75, 3.05) is 11.6 Å². The Morgan fingerprint density at radius 3 is 2.39 bits per heavy atom. The van der Waals surface area contributed by atoms with E-state index in [9.17, 15) is 13.2 Å². The summed E-state index contributed by atoms with van der Waals surface area (Å²) in [6, 6.07) is 15.0. The van der Waals surface area contributed by atoms with Crippen LogP contribution in [0.1, 0.15) is 41.6 Å². The molecule has 174 valence electrons. The van der Waals surface area contributed by atoms with Gasteiger partial charge in [-0.25, -0.2) is 13.4 Å².